The van der Waals surface area contributed by atoms with Gasteiger partial charge in [-0.2, -0.15) is 5.10 Å². The summed E-state index contributed by atoms with van der Waals surface area (Å²) in [7, 11) is 0. The van der Waals surface area contributed by atoms with Gasteiger partial charge in [0.2, 0.25) is 0 Å². The van der Waals surface area contributed by atoms with Gasteiger partial charge in [-0.15, -0.1) is 0 Å². The highest BCUT2D eigenvalue weighted by Gasteiger charge is 2.31. The first-order valence-corrected chi connectivity index (χ1v) is 4.71. The van der Waals surface area contributed by atoms with Crippen molar-refractivity contribution in [2.24, 2.45) is 5.92 Å². The number of aliphatic carboxylic acids is 1. The van der Waals surface area contributed by atoms with Crippen LogP contribution in [0.3, 0.4) is 0 Å². The molecule has 1 heterocycles. The van der Waals surface area contributed by atoms with Crippen LogP contribution >= 0.6 is 0 Å². The quantitative estimate of drug-likeness (QED) is 0.607. The molecule has 0 saturated carbocycles. The van der Waals surface area contributed by atoms with Gasteiger partial charge in [0.1, 0.15) is 5.82 Å². The van der Waals surface area contributed by atoms with E-state index in [0.29, 0.717) is 18.7 Å². The Bertz CT molecular complexity index is 445. The van der Waals surface area contributed by atoms with E-state index in [1.807, 2.05) is 12.2 Å². The second kappa shape index (κ2) is 3.72. The third kappa shape index (κ3) is 1.83. The summed E-state index contributed by atoms with van der Waals surface area (Å²) in [5.74, 6) is -1.18. The maximum atomic E-state index is 11.0. The van der Waals surface area contributed by atoms with Crippen molar-refractivity contribution in [3.63, 3.8) is 0 Å². The zero-order valence-corrected chi connectivity index (χ0v) is 7.93. The molecule has 0 saturated heterocycles. The summed E-state index contributed by atoms with van der Waals surface area (Å²) in [6, 6.07) is 0. The van der Waals surface area contributed by atoms with Crippen LogP contribution in [0.25, 0.3) is 0 Å². The minimum absolute atomic E-state index is 0.244. The number of carboxylic acid groups (broad SMARTS) is 1. The Balaban J connectivity index is 2.30. The monoisotopic (exact) mass is 209 g/mol. The maximum absolute atomic E-state index is 11.0. The number of nitrogens with zero attached hydrogens (tertiary/aromatic N) is 1. The van der Waals surface area contributed by atoms with E-state index < -0.39 is 17.6 Å². The SMILES string of the molecule is O=C(O)C1CC=CCC1c1n[nH]c(=O)[nH]1. The smallest absolute Gasteiger partial charge is 0.340 e. The Morgan fingerprint density at radius 2 is 2.20 bits per heavy atom. The lowest BCUT2D eigenvalue weighted by Gasteiger charge is -2.22. The number of allylic oxidation sites excluding steroid dienone is 2. The predicted octanol–water partition coefficient (Wildman–Crippen LogP) is 0.232. The van der Waals surface area contributed by atoms with Crippen molar-refractivity contribution in [1.29, 1.82) is 0 Å². The molecule has 0 amide bonds. The molecule has 0 aliphatic heterocycles. The molecule has 0 radical (unpaired) electrons. The van der Waals surface area contributed by atoms with Gasteiger partial charge in [-0.1, -0.05) is 12.2 Å². The minimum Gasteiger partial charge on any atom is -0.481 e. The van der Waals surface area contributed by atoms with Crippen molar-refractivity contribution in [3.05, 3.63) is 28.5 Å². The van der Waals surface area contributed by atoms with Crippen LogP contribution in [0.5, 0.6) is 0 Å². The zero-order chi connectivity index (χ0) is 10.8. The molecule has 15 heavy (non-hydrogen) atoms. The molecular formula is C9H11N3O3. The van der Waals surface area contributed by atoms with Gasteiger partial charge in [-0.05, 0) is 12.8 Å². The number of nitrogens with one attached hydrogen (secondary N) is 2. The van der Waals surface area contributed by atoms with Crippen molar-refractivity contribution in [2.45, 2.75) is 18.8 Å². The van der Waals surface area contributed by atoms with Gasteiger partial charge in [-0.25, -0.2) is 9.89 Å². The van der Waals surface area contributed by atoms with Gasteiger partial charge in [0.05, 0.1) is 5.92 Å². The lowest BCUT2D eigenvalue weighted by molar-refractivity contribution is -0.142. The standard InChI is InChI=1S/C9H11N3O3/c13-8(14)6-4-2-1-3-5(6)7-10-9(15)12-11-7/h1-2,5-6H,3-4H2,(H,13,14)(H2,10,11,12,15). The van der Waals surface area contributed by atoms with Crippen LogP contribution in [0.2, 0.25) is 0 Å². The molecular weight excluding hydrogens is 198 g/mol. The van der Waals surface area contributed by atoms with E-state index in [-0.39, 0.29) is 5.92 Å². The fourth-order valence-corrected chi connectivity index (χ4v) is 1.85. The van der Waals surface area contributed by atoms with Crippen LogP contribution in [0, 0.1) is 5.92 Å². The lowest BCUT2D eigenvalue weighted by atomic mass is 9.82. The summed E-state index contributed by atoms with van der Waals surface area (Å²) in [5, 5.41) is 15.0. The van der Waals surface area contributed by atoms with Gasteiger partial charge in [-0.3, -0.25) is 9.78 Å². The van der Waals surface area contributed by atoms with Crippen LogP contribution in [0.15, 0.2) is 16.9 Å². The highest BCUT2D eigenvalue weighted by molar-refractivity contribution is 5.71. The van der Waals surface area contributed by atoms with Gasteiger partial charge >= 0.3 is 11.7 Å². The van der Waals surface area contributed by atoms with E-state index in [1.165, 1.54) is 0 Å². The fourth-order valence-electron chi connectivity index (χ4n) is 1.85. The average Bonchev–Trinajstić information content (AvgIpc) is 2.65. The van der Waals surface area contributed by atoms with Crippen molar-refractivity contribution >= 4 is 5.97 Å². The molecule has 3 N–H and O–H groups in total. The van der Waals surface area contributed by atoms with E-state index in [0.717, 1.165) is 0 Å². The second-order valence-electron chi connectivity index (χ2n) is 3.56. The first-order valence-electron chi connectivity index (χ1n) is 4.71. The highest BCUT2D eigenvalue weighted by Crippen LogP contribution is 2.32. The summed E-state index contributed by atoms with van der Waals surface area (Å²) in [6.45, 7) is 0. The summed E-state index contributed by atoms with van der Waals surface area (Å²) in [4.78, 5) is 24.4. The van der Waals surface area contributed by atoms with E-state index in [2.05, 4.69) is 15.2 Å². The summed E-state index contributed by atoms with van der Waals surface area (Å²) in [5.41, 5.74) is -0.399. The highest BCUT2D eigenvalue weighted by atomic mass is 16.4. The Hall–Kier alpha value is -1.85. The Morgan fingerprint density at radius 3 is 2.80 bits per heavy atom. The van der Waals surface area contributed by atoms with E-state index in [9.17, 15) is 9.59 Å². The Labute approximate surface area is 85.0 Å². The average molecular weight is 209 g/mol. The lowest BCUT2D eigenvalue weighted by Crippen LogP contribution is -2.24. The number of hydrogen-bond acceptors (Lipinski definition) is 3. The molecule has 80 valence electrons. The molecule has 6 heteroatoms. The minimum atomic E-state index is -0.854. The molecule has 0 fully saturated rings. The number of aromatic nitrogens is 3. The molecule has 6 nitrogen and oxygen atoms in total. The molecule has 0 spiro atoms. The van der Waals surface area contributed by atoms with E-state index >= 15 is 0 Å². The normalized spacial score (nSPS) is 25.3. The molecule has 2 rings (SSSR count). The molecule has 2 atom stereocenters. The van der Waals surface area contributed by atoms with E-state index in [1.54, 1.807) is 0 Å². The van der Waals surface area contributed by atoms with Crippen molar-refractivity contribution in [2.75, 3.05) is 0 Å². The van der Waals surface area contributed by atoms with E-state index in [4.69, 9.17) is 5.11 Å². The molecule has 0 aromatic carbocycles. The van der Waals surface area contributed by atoms with Crippen molar-refractivity contribution in [1.82, 2.24) is 15.2 Å². The Morgan fingerprint density at radius 1 is 1.47 bits per heavy atom. The van der Waals surface area contributed by atoms with Crippen LogP contribution < -0.4 is 5.69 Å². The number of rotatable bonds is 2. The van der Waals surface area contributed by atoms with Gasteiger partial charge < -0.3 is 5.11 Å². The molecule has 1 aromatic heterocycles. The third-order valence-electron chi connectivity index (χ3n) is 2.62. The summed E-state index contributed by atoms with van der Waals surface area (Å²) >= 11 is 0. The number of hydrogen-bond donors (Lipinski definition) is 3. The molecule has 2 unspecified atom stereocenters. The third-order valence-corrected chi connectivity index (χ3v) is 2.62. The molecule has 1 aromatic rings. The number of aromatic amines is 2. The van der Waals surface area contributed by atoms with Crippen LogP contribution in [-0.2, 0) is 4.79 Å². The van der Waals surface area contributed by atoms with Crippen molar-refractivity contribution in [3.8, 4) is 0 Å². The molecule has 0 bridgehead atoms. The topological polar surface area (TPSA) is 98.8 Å². The zero-order valence-electron chi connectivity index (χ0n) is 7.93. The first-order chi connectivity index (χ1) is 7.18. The largest absolute Gasteiger partial charge is 0.481 e. The maximum Gasteiger partial charge on any atom is 0.340 e. The van der Waals surface area contributed by atoms with Gasteiger partial charge in [0.15, 0.2) is 0 Å². The number of H-pyrrole nitrogens is 2. The van der Waals surface area contributed by atoms with Crippen LogP contribution in [-0.4, -0.2) is 26.3 Å². The fraction of sp³-hybridized carbons (Fsp3) is 0.444. The van der Waals surface area contributed by atoms with Crippen LogP contribution in [0.1, 0.15) is 24.6 Å². The predicted molar refractivity (Wildman–Crippen MR) is 51.4 cm³/mol. The molecule has 1 aliphatic carbocycles. The number of carbonyl (C=O) groups is 1. The second-order valence-corrected chi connectivity index (χ2v) is 3.56. The number of carboxylic acids is 1. The summed E-state index contributed by atoms with van der Waals surface area (Å²) in [6.07, 6.45) is 4.84. The van der Waals surface area contributed by atoms with Gasteiger partial charge in [0, 0.05) is 5.92 Å². The summed E-state index contributed by atoms with van der Waals surface area (Å²) < 4.78 is 0. The Kier molecular flexibility index (Phi) is 2.40. The van der Waals surface area contributed by atoms with Gasteiger partial charge in [0.25, 0.3) is 0 Å². The van der Waals surface area contributed by atoms with Crippen LogP contribution in [0.4, 0.5) is 0 Å². The van der Waals surface area contributed by atoms with Crippen molar-refractivity contribution < 1.29 is 9.90 Å². The first kappa shape index (κ1) is 9.70. The molecule has 1 aliphatic rings.